The summed E-state index contributed by atoms with van der Waals surface area (Å²) < 4.78 is 1.73. The van der Waals surface area contributed by atoms with Crippen LogP contribution in [0.3, 0.4) is 0 Å². The van der Waals surface area contributed by atoms with E-state index in [1.165, 1.54) is 0 Å². The molecule has 2 heterocycles. The second-order valence-corrected chi connectivity index (χ2v) is 5.53. The van der Waals surface area contributed by atoms with Gasteiger partial charge in [-0.2, -0.15) is 9.61 Å². The number of hydrogen-bond acceptors (Lipinski definition) is 5. The number of nitrogens with zero attached hydrogens (tertiary/aromatic N) is 4. The van der Waals surface area contributed by atoms with Gasteiger partial charge in [0.1, 0.15) is 11.3 Å². The Morgan fingerprint density at radius 3 is 2.94 bits per heavy atom. The SMILES string of the molecule is CC(C)CC(CN)Cc1nn2cnnc2s1. The average Bonchev–Trinajstić information content (AvgIpc) is 2.75. The summed E-state index contributed by atoms with van der Waals surface area (Å²) in [6.07, 6.45) is 3.73. The van der Waals surface area contributed by atoms with Gasteiger partial charge in [-0.15, -0.1) is 10.2 Å². The highest BCUT2D eigenvalue weighted by atomic mass is 32.1. The highest BCUT2D eigenvalue weighted by Gasteiger charge is 2.13. The lowest BCUT2D eigenvalue weighted by atomic mass is 9.95. The van der Waals surface area contributed by atoms with Crippen LogP contribution < -0.4 is 5.73 Å². The third-order valence-corrected chi connectivity index (χ3v) is 3.47. The van der Waals surface area contributed by atoms with Gasteiger partial charge in [-0.1, -0.05) is 25.2 Å². The first-order valence-electron chi connectivity index (χ1n) is 5.54. The lowest BCUT2D eigenvalue weighted by Gasteiger charge is -2.14. The van der Waals surface area contributed by atoms with Crippen molar-refractivity contribution < 1.29 is 0 Å². The molecular weight excluding hydrogens is 222 g/mol. The fraction of sp³-hybridized carbons (Fsp3) is 0.700. The van der Waals surface area contributed by atoms with Crippen molar-refractivity contribution in [2.75, 3.05) is 6.54 Å². The van der Waals surface area contributed by atoms with Crippen LogP contribution in [-0.2, 0) is 6.42 Å². The van der Waals surface area contributed by atoms with E-state index in [-0.39, 0.29) is 0 Å². The molecule has 0 amide bonds. The Kier molecular flexibility index (Phi) is 3.50. The monoisotopic (exact) mass is 239 g/mol. The molecule has 1 unspecified atom stereocenters. The van der Waals surface area contributed by atoms with Crippen LogP contribution in [0.2, 0.25) is 0 Å². The Hall–Kier alpha value is -1.01. The van der Waals surface area contributed by atoms with Gasteiger partial charge in [0.05, 0.1) is 0 Å². The maximum Gasteiger partial charge on any atom is 0.234 e. The number of aromatic nitrogens is 4. The molecule has 5 nitrogen and oxygen atoms in total. The Morgan fingerprint density at radius 2 is 2.31 bits per heavy atom. The van der Waals surface area contributed by atoms with Crippen molar-refractivity contribution in [2.24, 2.45) is 17.6 Å². The maximum absolute atomic E-state index is 5.78. The van der Waals surface area contributed by atoms with Gasteiger partial charge in [-0.25, -0.2) is 0 Å². The molecule has 0 fully saturated rings. The molecule has 0 aliphatic heterocycles. The van der Waals surface area contributed by atoms with Gasteiger partial charge in [0.25, 0.3) is 0 Å². The van der Waals surface area contributed by atoms with Crippen molar-refractivity contribution in [1.29, 1.82) is 0 Å². The Bertz CT molecular complexity index is 418. The van der Waals surface area contributed by atoms with Crippen molar-refractivity contribution in [1.82, 2.24) is 19.8 Å². The molecule has 0 aliphatic rings. The summed E-state index contributed by atoms with van der Waals surface area (Å²) in [6, 6.07) is 0. The van der Waals surface area contributed by atoms with Gasteiger partial charge in [-0.05, 0) is 24.8 Å². The van der Waals surface area contributed by atoms with Crippen LogP contribution in [0.25, 0.3) is 4.96 Å². The van der Waals surface area contributed by atoms with Crippen LogP contribution in [0, 0.1) is 11.8 Å². The predicted octanol–water partition coefficient (Wildman–Crippen LogP) is 1.35. The summed E-state index contributed by atoms with van der Waals surface area (Å²) in [6.45, 7) is 5.17. The molecule has 2 rings (SSSR count). The molecule has 0 saturated carbocycles. The third-order valence-electron chi connectivity index (χ3n) is 2.53. The van der Waals surface area contributed by atoms with Gasteiger partial charge in [0.2, 0.25) is 4.96 Å². The van der Waals surface area contributed by atoms with Gasteiger partial charge in [0, 0.05) is 6.42 Å². The minimum atomic E-state index is 0.517. The Morgan fingerprint density at radius 1 is 1.50 bits per heavy atom. The summed E-state index contributed by atoms with van der Waals surface area (Å²) in [7, 11) is 0. The van der Waals surface area contributed by atoms with E-state index in [9.17, 15) is 0 Å². The van der Waals surface area contributed by atoms with Crippen LogP contribution in [-0.4, -0.2) is 26.4 Å². The summed E-state index contributed by atoms with van der Waals surface area (Å²) in [5.41, 5.74) is 5.78. The summed E-state index contributed by atoms with van der Waals surface area (Å²) in [4.78, 5) is 0.857. The molecule has 0 saturated heterocycles. The quantitative estimate of drug-likeness (QED) is 0.855. The Labute approximate surface area is 98.7 Å². The van der Waals surface area contributed by atoms with Crippen molar-refractivity contribution in [3.05, 3.63) is 11.3 Å². The minimum absolute atomic E-state index is 0.517. The number of nitrogens with two attached hydrogens (primary N) is 1. The van der Waals surface area contributed by atoms with E-state index in [0.29, 0.717) is 11.8 Å². The minimum Gasteiger partial charge on any atom is -0.330 e. The van der Waals surface area contributed by atoms with E-state index in [2.05, 4.69) is 29.1 Å². The molecular formula is C10H17N5S. The van der Waals surface area contributed by atoms with E-state index < -0.39 is 0 Å². The van der Waals surface area contributed by atoms with Crippen LogP contribution in [0.5, 0.6) is 0 Å². The van der Waals surface area contributed by atoms with Crippen LogP contribution in [0.15, 0.2) is 6.33 Å². The van der Waals surface area contributed by atoms with Crippen molar-refractivity contribution in [3.63, 3.8) is 0 Å². The zero-order valence-corrected chi connectivity index (χ0v) is 10.4. The zero-order chi connectivity index (χ0) is 11.5. The predicted molar refractivity (Wildman–Crippen MR) is 64.4 cm³/mol. The number of rotatable bonds is 5. The van der Waals surface area contributed by atoms with Crippen molar-refractivity contribution in [3.8, 4) is 0 Å². The first kappa shape index (κ1) is 11.5. The molecule has 0 spiro atoms. The fourth-order valence-electron chi connectivity index (χ4n) is 1.86. The molecule has 0 bridgehead atoms. The molecule has 16 heavy (non-hydrogen) atoms. The normalized spacial score (nSPS) is 13.8. The van der Waals surface area contributed by atoms with Crippen LogP contribution in [0.1, 0.15) is 25.3 Å². The summed E-state index contributed by atoms with van der Waals surface area (Å²) in [5.74, 6) is 1.20. The number of hydrogen-bond donors (Lipinski definition) is 1. The second kappa shape index (κ2) is 4.88. The highest BCUT2D eigenvalue weighted by molar-refractivity contribution is 7.16. The average molecular weight is 239 g/mol. The molecule has 2 N–H and O–H groups in total. The van der Waals surface area contributed by atoms with E-state index in [4.69, 9.17) is 5.73 Å². The first-order valence-corrected chi connectivity index (χ1v) is 6.36. The van der Waals surface area contributed by atoms with Crippen LogP contribution in [0.4, 0.5) is 0 Å². The third kappa shape index (κ3) is 2.56. The van der Waals surface area contributed by atoms with Gasteiger partial charge < -0.3 is 5.73 Å². The summed E-state index contributed by atoms with van der Waals surface area (Å²) >= 11 is 1.60. The second-order valence-electron chi connectivity index (χ2n) is 4.49. The topological polar surface area (TPSA) is 69.1 Å². The van der Waals surface area contributed by atoms with E-state index in [1.807, 2.05) is 0 Å². The lowest BCUT2D eigenvalue weighted by molar-refractivity contribution is 0.413. The molecule has 0 aromatic carbocycles. The van der Waals surface area contributed by atoms with E-state index in [0.717, 1.165) is 29.4 Å². The summed E-state index contributed by atoms with van der Waals surface area (Å²) in [5, 5.41) is 13.3. The standard InChI is InChI=1S/C10H17N5S/c1-7(2)3-8(5-11)4-9-14-15-6-12-13-10(15)16-9/h6-8H,3-5,11H2,1-2H3. The smallest absolute Gasteiger partial charge is 0.234 e. The molecule has 6 heteroatoms. The molecule has 2 aromatic rings. The molecule has 88 valence electrons. The lowest BCUT2D eigenvalue weighted by Crippen LogP contribution is -2.18. The largest absolute Gasteiger partial charge is 0.330 e. The van der Waals surface area contributed by atoms with Crippen molar-refractivity contribution in [2.45, 2.75) is 26.7 Å². The highest BCUT2D eigenvalue weighted by Crippen LogP contribution is 2.19. The molecule has 2 aromatic heterocycles. The van der Waals surface area contributed by atoms with E-state index >= 15 is 0 Å². The van der Waals surface area contributed by atoms with Gasteiger partial charge in [-0.3, -0.25) is 0 Å². The number of fused-ring (bicyclic) bond motifs is 1. The zero-order valence-electron chi connectivity index (χ0n) is 9.63. The molecule has 0 aliphatic carbocycles. The Balaban J connectivity index is 2.05. The van der Waals surface area contributed by atoms with Crippen LogP contribution >= 0.6 is 11.3 Å². The molecule has 0 radical (unpaired) electrons. The van der Waals surface area contributed by atoms with Crippen molar-refractivity contribution >= 4 is 16.3 Å². The van der Waals surface area contributed by atoms with E-state index in [1.54, 1.807) is 22.2 Å². The maximum atomic E-state index is 5.78. The van der Waals surface area contributed by atoms with Gasteiger partial charge in [0.15, 0.2) is 0 Å². The molecule has 1 atom stereocenters. The first-order chi connectivity index (χ1) is 7.69. The van der Waals surface area contributed by atoms with Gasteiger partial charge >= 0.3 is 0 Å². The fourth-order valence-corrected chi connectivity index (χ4v) is 2.79.